The van der Waals surface area contributed by atoms with E-state index in [9.17, 15) is 0 Å². The highest BCUT2D eigenvalue weighted by Crippen LogP contribution is 2.36. The highest BCUT2D eigenvalue weighted by molar-refractivity contribution is 9.10. The van der Waals surface area contributed by atoms with E-state index in [1.54, 1.807) is 0 Å². The minimum atomic E-state index is 0.976. The Kier molecular flexibility index (Phi) is 4.84. The van der Waals surface area contributed by atoms with Crippen LogP contribution in [0.4, 0.5) is 0 Å². The van der Waals surface area contributed by atoms with Crippen molar-refractivity contribution < 1.29 is 0 Å². The smallest absolute Gasteiger partial charge is 0.0197 e. The predicted octanol–water partition coefficient (Wildman–Crippen LogP) is 5.29. The van der Waals surface area contributed by atoms with Gasteiger partial charge in [-0.15, -0.1) is 0 Å². The first-order valence-electron chi connectivity index (χ1n) is 7.16. The van der Waals surface area contributed by atoms with E-state index in [0.717, 1.165) is 24.0 Å². The standard InChI is InChI=1S/C18H18BrNS/c1-13-5-6-18(21-16-4-2-3-15(19)12-16)17(11-13)14-7-9-20-10-8-14/h2-7,11-12,20H,8-10H2,1H3. The van der Waals surface area contributed by atoms with Crippen molar-refractivity contribution in [1.29, 1.82) is 0 Å². The molecule has 0 saturated carbocycles. The van der Waals surface area contributed by atoms with E-state index < -0.39 is 0 Å². The van der Waals surface area contributed by atoms with E-state index in [1.807, 2.05) is 11.8 Å². The molecule has 0 spiro atoms. The van der Waals surface area contributed by atoms with Gasteiger partial charge in [-0.1, -0.05) is 57.5 Å². The molecule has 0 aromatic heterocycles. The molecule has 3 rings (SSSR count). The zero-order chi connectivity index (χ0) is 14.7. The number of hydrogen-bond acceptors (Lipinski definition) is 2. The van der Waals surface area contributed by atoms with Crippen molar-refractivity contribution in [3.05, 3.63) is 64.1 Å². The van der Waals surface area contributed by atoms with Gasteiger partial charge >= 0.3 is 0 Å². The summed E-state index contributed by atoms with van der Waals surface area (Å²) in [4.78, 5) is 2.61. The number of rotatable bonds is 3. The Bertz CT molecular complexity index is 679. The van der Waals surface area contributed by atoms with Gasteiger partial charge in [-0.2, -0.15) is 0 Å². The van der Waals surface area contributed by atoms with Crippen LogP contribution in [0.3, 0.4) is 0 Å². The summed E-state index contributed by atoms with van der Waals surface area (Å²) in [6, 6.07) is 15.3. The van der Waals surface area contributed by atoms with Gasteiger partial charge in [-0.3, -0.25) is 0 Å². The Labute approximate surface area is 139 Å². The van der Waals surface area contributed by atoms with E-state index in [1.165, 1.54) is 26.5 Å². The number of benzene rings is 2. The molecule has 0 aliphatic carbocycles. The molecule has 1 heterocycles. The average Bonchev–Trinajstić information content (AvgIpc) is 2.50. The SMILES string of the molecule is Cc1ccc(Sc2cccc(Br)c2)c(C2=CCNCC2)c1. The predicted molar refractivity (Wildman–Crippen MR) is 94.9 cm³/mol. The molecule has 21 heavy (non-hydrogen) atoms. The van der Waals surface area contributed by atoms with Gasteiger partial charge < -0.3 is 5.32 Å². The van der Waals surface area contributed by atoms with E-state index in [2.05, 4.69) is 76.7 Å². The van der Waals surface area contributed by atoms with Crippen molar-refractivity contribution in [2.75, 3.05) is 13.1 Å². The average molecular weight is 360 g/mol. The molecule has 0 bridgehead atoms. The molecule has 0 fully saturated rings. The maximum absolute atomic E-state index is 3.55. The number of aryl methyl sites for hydroxylation is 1. The molecule has 0 unspecified atom stereocenters. The Balaban J connectivity index is 1.96. The largest absolute Gasteiger partial charge is 0.313 e. The maximum Gasteiger partial charge on any atom is 0.0197 e. The quantitative estimate of drug-likeness (QED) is 0.799. The van der Waals surface area contributed by atoms with Crippen molar-refractivity contribution in [2.45, 2.75) is 23.1 Å². The van der Waals surface area contributed by atoms with Gasteiger partial charge in [0, 0.05) is 20.8 Å². The fourth-order valence-corrected chi connectivity index (χ4v) is 4.08. The topological polar surface area (TPSA) is 12.0 Å². The zero-order valence-corrected chi connectivity index (χ0v) is 14.4. The van der Waals surface area contributed by atoms with Crippen molar-refractivity contribution in [2.24, 2.45) is 0 Å². The van der Waals surface area contributed by atoms with E-state index >= 15 is 0 Å². The molecule has 2 aromatic carbocycles. The summed E-state index contributed by atoms with van der Waals surface area (Å²) in [5, 5.41) is 3.39. The zero-order valence-electron chi connectivity index (χ0n) is 12.0. The first-order chi connectivity index (χ1) is 10.2. The minimum absolute atomic E-state index is 0.976. The molecule has 1 aliphatic heterocycles. The lowest BCUT2D eigenvalue weighted by Crippen LogP contribution is -2.20. The Hall–Kier alpha value is -1.03. The van der Waals surface area contributed by atoms with Crippen molar-refractivity contribution >= 4 is 33.3 Å². The van der Waals surface area contributed by atoms with Crippen LogP contribution in [0.15, 0.2) is 62.8 Å². The van der Waals surface area contributed by atoms with Gasteiger partial charge in [0.25, 0.3) is 0 Å². The monoisotopic (exact) mass is 359 g/mol. The fourth-order valence-electron chi connectivity index (χ4n) is 2.51. The van der Waals surface area contributed by atoms with Crippen LogP contribution in [0.5, 0.6) is 0 Å². The summed E-state index contributed by atoms with van der Waals surface area (Å²) < 4.78 is 1.13. The van der Waals surface area contributed by atoms with Crippen molar-refractivity contribution in [1.82, 2.24) is 5.32 Å². The molecule has 0 atom stereocenters. The molecular weight excluding hydrogens is 342 g/mol. The molecular formula is C18H18BrNS. The molecule has 2 aromatic rings. The van der Waals surface area contributed by atoms with Crippen LogP contribution < -0.4 is 5.32 Å². The second kappa shape index (κ2) is 6.82. The number of nitrogens with one attached hydrogen (secondary N) is 1. The van der Waals surface area contributed by atoms with E-state index in [4.69, 9.17) is 0 Å². The van der Waals surface area contributed by atoms with Crippen LogP contribution in [0.1, 0.15) is 17.5 Å². The van der Waals surface area contributed by atoms with E-state index in [-0.39, 0.29) is 0 Å². The van der Waals surface area contributed by atoms with Gasteiger partial charge in [-0.25, -0.2) is 0 Å². The molecule has 108 valence electrons. The second-order valence-electron chi connectivity index (χ2n) is 5.24. The maximum atomic E-state index is 3.55. The highest BCUT2D eigenvalue weighted by atomic mass is 79.9. The third kappa shape index (κ3) is 3.79. The number of halogens is 1. The van der Waals surface area contributed by atoms with Gasteiger partial charge in [-0.05, 0) is 55.3 Å². The van der Waals surface area contributed by atoms with Crippen LogP contribution >= 0.6 is 27.7 Å². The van der Waals surface area contributed by atoms with Gasteiger partial charge in [0.15, 0.2) is 0 Å². The Morgan fingerprint density at radius 3 is 2.81 bits per heavy atom. The first-order valence-corrected chi connectivity index (χ1v) is 8.77. The molecule has 3 heteroatoms. The summed E-state index contributed by atoms with van der Waals surface area (Å²) >= 11 is 5.39. The molecule has 1 nitrogen and oxygen atoms in total. The van der Waals surface area contributed by atoms with Crippen LogP contribution in [-0.2, 0) is 0 Å². The summed E-state index contributed by atoms with van der Waals surface area (Å²) in [5.74, 6) is 0. The van der Waals surface area contributed by atoms with Gasteiger partial charge in [0.05, 0.1) is 0 Å². The summed E-state index contributed by atoms with van der Waals surface area (Å²) in [7, 11) is 0. The van der Waals surface area contributed by atoms with Crippen molar-refractivity contribution in [3.8, 4) is 0 Å². The van der Waals surface area contributed by atoms with Crippen LogP contribution in [0.25, 0.3) is 5.57 Å². The molecule has 0 saturated heterocycles. The Morgan fingerprint density at radius 1 is 1.14 bits per heavy atom. The summed E-state index contributed by atoms with van der Waals surface area (Å²) in [6.45, 7) is 4.21. The van der Waals surface area contributed by atoms with Crippen LogP contribution in [0.2, 0.25) is 0 Å². The van der Waals surface area contributed by atoms with Crippen molar-refractivity contribution in [3.63, 3.8) is 0 Å². The minimum Gasteiger partial charge on any atom is -0.313 e. The summed E-state index contributed by atoms with van der Waals surface area (Å²) in [6.07, 6.45) is 3.43. The lowest BCUT2D eigenvalue weighted by atomic mass is 9.99. The Morgan fingerprint density at radius 2 is 2.05 bits per heavy atom. The fraction of sp³-hybridized carbons (Fsp3) is 0.222. The molecule has 1 N–H and O–H groups in total. The second-order valence-corrected chi connectivity index (χ2v) is 7.27. The van der Waals surface area contributed by atoms with Crippen LogP contribution in [0, 0.1) is 6.92 Å². The third-order valence-electron chi connectivity index (χ3n) is 3.57. The molecule has 1 aliphatic rings. The third-order valence-corrected chi connectivity index (χ3v) is 5.13. The summed E-state index contributed by atoms with van der Waals surface area (Å²) in [5.41, 5.74) is 4.18. The normalized spacial score (nSPS) is 14.9. The lowest BCUT2D eigenvalue weighted by Gasteiger charge is -2.18. The molecule has 0 radical (unpaired) electrons. The van der Waals surface area contributed by atoms with Gasteiger partial charge in [0.1, 0.15) is 0 Å². The lowest BCUT2D eigenvalue weighted by molar-refractivity contribution is 0.737. The first kappa shape index (κ1) is 14.9. The number of hydrogen-bond donors (Lipinski definition) is 1. The van der Waals surface area contributed by atoms with E-state index in [0.29, 0.717) is 0 Å². The van der Waals surface area contributed by atoms with Gasteiger partial charge in [0.2, 0.25) is 0 Å². The highest BCUT2D eigenvalue weighted by Gasteiger charge is 2.12. The van der Waals surface area contributed by atoms with Crippen LogP contribution in [-0.4, -0.2) is 13.1 Å². The molecule has 0 amide bonds.